The molecule has 0 aliphatic heterocycles. The summed E-state index contributed by atoms with van der Waals surface area (Å²) in [7, 11) is 0. The Morgan fingerprint density at radius 2 is 2.08 bits per heavy atom. The Morgan fingerprint density at radius 1 is 1.27 bits per heavy atom. The van der Waals surface area contributed by atoms with Gasteiger partial charge >= 0.3 is 5.97 Å². The van der Waals surface area contributed by atoms with Crippen molar-refractivity contribution in [2.24, 2.45) is 0 Å². The van der Waals surface area contributed by atoms with E-state index >= 15 is 0 Å². The highest BCUT2D eigenvalue weighted by atomic mass is 16.5. The van der Waals surface area contributed by atoms with Crippen LogP contribution >= 0.6 is 0 Å². The number of benzene rings is 1. The van der Waals surface area contributed by atoms with Crippen LogP contribution < -0.4 is 10.1 Å². The van der Waals surface area contributed by atoms with Crippen LogP contribution in [0.4, 0.5) is 0 Å². The molecule has 0 saturated carbocycles. The van der Waals surface area contributed by atoms with Gasteiger partial charge in [-0.3, -0.25) is 4.79 Å². The molecule has 1 heterocycles. The summed E-state index contributed by atoms with van der Waals surface area (Å²) in [5.41, 5.74) is 2.42. The van der Waals surface area contributed by atoms with E-state index in [1.165, 1.54) is 23.9 Å². The first-order chi connectivity index (χ1) is 12.4. The lowest BCUT2D eigenvalue weighted by atomic mass is 9.87. The largest absolute Gasteiger partial charge is 0.491 e. The second-order valence-corrected chi connectivity index (χ2v) is 6.68. The molecule has 6 heteroatoms. The zero-order valence-corrected chi connectivity index (χ0v) is 14.9. The van der Waals surface area contributed by atoms with E-state index in [-0.39, 0.29) is 23.7 Å². The molecule has 0 radical (unpaired) electrons. The molecule has 1 atom stereocenters. The Hall–Kier alpha value is -2.89. The van der Waals surface area contributed by atoms with Crippen molar-refractivity contribution in [3.05, 3.63) is 58.9 Å². The van der Waals surface area contributed by atoms with Crippen molar-refractivity contribution in [3.8, 4) is 5.75 Å². The van der Waals surface area contributed by atoms with Crippen molar-refractivity contribution >= 4 is 11.9 Å². The Bertz CT molecular complexity index is 832. The summed E-state index contributed by atoms with van der Waals surface area (Å²) in [4.78, 5) is 27.4. The molecule has 1 aromatic carbocycles. The average molecular weight is 354 g/mol. The SMILES string of the molecule is CC(C)Oc1ccc2c(c1)[C@H](NC(=O)c1ccnc(C(=O)O)c1)CCC2. The number of carboxylic acids is 1. The first-order valence-electron chi connectivity index (χ1n) is 8.73. The molecule has 2 aromatic rings. The lowest BCUT2D eigenvalue weighted by Gasteiger charge is -2.27. The van der Waals surface area contributed by atoms with Crippen LogP contribution in [-0.4, -0.2) is 28.1 Å². The quantitative estimate of drug-likeness (QED) is 0.859. The minimum atomic E-state index is -1.15. The molecule has 3 rings (SSSR count). The van der Waals surface area contributed by atoms with Gasteiger partial charge in [0, 0.05) is 11.8 Å². The molecule has 0 spiro atoms. The topological polar surface area (TPSA) is 88.5 Å². The van der Waals surface area contributed by atoms with Crippen LogP contribution in [0.5, 0.6) is 5.75 Å². The fourth-order valence-corrected chi connectivity index (χ4v) is 3.20. The van der Waals surface area contributed by atoms with Gasteiger partial charge in [-0.2, -0.15) is 0 Å². The monoisotopic (exact) mass is 354 g/mol. The second-order valence-electron chi connectivity index (χ2n) is 6.68. The molecule has 0 unspecified atom stereocenters. The number of aromatic nitrogens is 1. The van der Waals surface area contributed by atoms with E-state index in [2.05, 4.69) is 16.4 Å². The van der Waals surface area contributed by atoms with Gasteiger partial charge in [0.25, 0.3) is 5.91 Å². The minimum Gasteiger partial charge on any atom is -0.491 e. The molecule has 6 nitrogen and oxygen atoms in total. The summed E-state index contributed by atoms with van der Waals surface area (Å²) < 4.78 is 5.77. The van der Waals surface area contributed by atoms with Gasteiger partial charge in [0.15, 0.2) is 0 Å². The molecule has 2 N–H and O–H groups in total. The van der Waals surface area contributed by atoms with E-state index in [0.29, 0.717) is 5.56 Å². The number of pyridine rings is 1. The first-order valence-corrected chi connectivity index (χ1v) is 8.73. The van der Waals surface area contributed by atoms with Crippen molar-refractivity contribution < 1.29 is 19.4 Å². The maximum atomic E-state index is 12.6. The van der Waals surface area contributed by atoms with E-state index < -0.39 is 5.97 Å². The number of rotatable bonds is 5. The number of carboxylic acid groups (broad SMARTS) is 1. The first kappa shape index (κ1) is 17.9. The van der Waals surface area contributed by atoms with Crippen LogP contribution in [0.2, 0.25) is 0 Å². The number of nitrogens with one attached hydrogen (secondary N) is 1. The van der Waals surface area contributed by atoms with E-state index in [4.69, 9.17) is 9.84 Å². The number of hydrogen-bond donors (Lipinski definition) is 2. The molecule has 1 aliphatic carbocycles. The number of aromatic carboxylic acids is 1. The number of aryl methyl sites for hydroxylation is 1. The summed E-state index contributed by atoms with van der Waals surface area (Å²) in [5, 5.41) is 12.1. The van der Waals surface area contributed by atoms with Crippen molar-refractivity contribution in [1.29, 1.82) is 0 Å². The smallest absolute Gasteiger partial charge is 0.354 e. The maximum Gasteiger partial charge on any atom is 0.354 e. The van der Waals surface area contributed by atoms with Crippen molar-refractivity contribution in [1.82, 2.24) is 10.3 Å². The summed E-state index contributed by atoms with van der Waals surface area (Å²) in [6.45, 7) is 3.95. The summed E-state index contributed by atoms with van der Waals surface area (Å²) >= 11 is 0. The Morgan fingerprint density at radius 3 is 2.81 bits per heavy atom. The van der Waals surface area contributed by atoms with Gasteiger partial charge in [-0.25, -0.2) is 9.78 Å². The Balaban J connectivity index is 1.82. The van der Waals surface area contributed by atoms with E-state index in [0.717, 1.165) is 30.6 Å². The van der Waals surface area contributed by atoms with Crippen molar-refractivity contribution in [2.75, 3.05) is 0 Å². The number of ether oxygens (including phenoxy) is 1. The third kappa shape index (κ3) is 4.02. The minimum absolute atomic E-state index is 0.0796. The van der Waals surface area contributed by atoms with Gasteiger partial charge in [-0.15, -0.1) is 0 Å². The van der Waals surface area contributed by atoms with Gasteiger partial charge < -0.3 is 15.2 Å². The normalized spacial score (nSPS) is 16.0. The Labute approximate surface area is 152 Å². The van der Waals surface area contributed by atoms with Crippen LogP contribution in [0, 0.1) is 0 Å². The van der Waals surface area contributed by atoms with Crippen LogP contribution in [-0.2, 0) is 6.42 Å². The van der Waals surface area contributed by atoms with Crippen LogP contribution in [0.25, 0.3) is 0 Å². The van der Waals surface area contributed by atoms with Crippen molar-refractivity contribution in [2.45, 2.75) is 45.3 Å². The third-order valence-corrected chi connectivity index (χ3v) is 4.35. The summed E-state index contributed by atoms with van der Waals surface area (Å²) in [6.07, 6.45) is 4.21. The molecular weight excluding hydrogens is 332 g/mol. The molecule has 1 aromatic heterocycles. The van der Waals surface area contributed by atoms with E-state index in [9.17, 15) is 9.59 Å². The fourth-order valence-electron chi connectivity index (χ4n) is 3.20. The van der Waals surface area contributed by atoms with Gasteiger partial charge in [0.05, 0.1) is 12.1 Å². The number of fused-ring (bicyclic) bond motifs is 1. The van der Waals surface area contributed by atoms with Crippen molar-refractivity contribution in [3.63, 3.8) is 0 Å². The lowest BCUT2D eigenvalue weighted by Crippen LogP contribution is -2.31. The van der Waals surface area contributed by atoms with Gasteiger partial charge in [0.2, 0.25) is 0 Å². The number of amides is 1. The molecule has 0 bridgehead atoms. The van der Waals surface area contributed by atoms with Crippen LogP contribution in [0.3, 0.4) is 0 Å². The average Bonchev–Trinajstić information content (AvgIpc) is 2.61. The van der Waals surface area contributed by atoms with E-state index in [1.807, 2.05) is 26.0 Å². The summed E-state index contributed by atoms with van der Waals surface area (Å²) in [5.74, 6) is -0.668. The number of nitrogens with zero attached hydrogens (tertiary/aromatic N) is 1. The molecule has 1 amide bonds. The van der Waals surface area contributed by atoms with Gasteiger partial charge in [-0.05, 0) is 68.5 Å². The highest BCUT2D eigenvalue weighted by Gasteiger charge is 2.23. The number of hydrogen-bond acceptors (Lipinski definition) is 4. The summed E-state index contributed by atoms with van der Waals surface area (Å²) in [6, 6.07) is 8.70. The van der Waals surface area contributed by atoms with Gasteiger partial charge in [-0.1, -0.05) is 6.07 Å². The standard InChI is InChI=1S/C20H22N2O4/c1-12(2)26-15-7-6-13-4-3-5-17(16(13)11-15)22-19(23)14-8-9-21-18(10-14)20(24)25/h6-12,17H,3-5H2,1-2H3,(H,22,23)(H,24,25)/t17-/m1/s1. The fraction of sp³-hybridized carbons (Fsp3) is 0.350. The molecule has 0 fully saturated rings. The molecular formula is C20H22N2O4. The van der Waals surface area contributed by atoms with E-state index in [1.54, 1.807) is 0 Å². The lowest BCUT2D eigenvalue weighted by molar-refractivity contribution is 0.0690. The predicted octanol–water partition coefficient (Wildman–Crippen LogP) is 3.37. The van der Waals surface area contributed by atoms with Gasteiger partial charge in [0.1, 0.15) is 11.4 Å². The van der Waals surface area contributed by atoms with Crippen LogP contribution in [0.15, 0.2) is 36.5 Å². The highest BCUT2D eigenvalue weighted by Crippen LogP contribution is 2.33. The number of carbonyl (C=O) groups excluding carboxylic acids is 1. The molecule has 1 aliphatic rings. The zero-order chi connectivity index (χ0) is 18.7. The Kier molecular flexibility index (Phi) is 5.21. The molecule has 136 valence electrons. The maximum absolute atomic E-state index is 12.6. The van der Waals surface area contributed by atoms with Crippen LogP contribution in [0.1, 0.15) is 64.7 Å². The number of carbonyl (C=O) groups is 2. The molecule has 0 saturated heterocycles. The zero-order valence-electron chi connectivity index (χ0n) is 14.9. The molecule has 26 heavy (non-hydrogen) atoms. The predicted molar refractivity (Wildman–Crippen MR) is 96.5 cm³/mol. The second kappa shape index (κ2) is 7.56. The highest BCUT2D eigenvalue weighted by molar-refractivity contribution is 5.96. The third-order valence-electron chi connectivity index (χ3n) is 4.35.